The molecule has 8 atom stereocenters. The Bertz CT molecular complexity index is 4960. The van der Waals surface area contributed by atoms with Crippen molar-refractivity contribution in [2.75, 3.05) is 151 Å². The molecule has 24 heteroatoms. The summed E-state index contributed by atoms with van der Waals surface area (Å²) in [6, 6.07) is 39.9. The molecule has 8 aromatic rings. The number of halogens is 2. The standard InChI is InChI=1S/C34H39FN6O2.C32H46FN5O2.C32H41N5O2/c1-21-5-8-28(9-6-21)41-16-15-40(20-30(41)33(37)42)34(43)31-22(2)17-23(3)32(24(31)4)38-27-11-13-39(14-12-27)29-10-7-26(35)18-25(29)19-36;1-21-5-7-29(34-17-21)36-11-9-25(10-12-36)16-28-22(2)15-23(3)31(24(28)4)32(40)37-13-14-38(27(19-37)20-39)30-8-6-26(33)18-35-30;1-22-10-11-29(33-19-22)35-14-12-26(13-15-35)34-31-24(3)18-23(2)30(25(31)4)32(39)36-16-17-37(28(20-36)21-38)27-8-6-5-7-9-27/h5-10,17-18,27,30,38H,11-16,20H2,1-4H3,(H2,37,42);5-8,17-18,22-25,27-28,31,39H,9-16,19-20H2,1-4H3;5-11,18-19,26,28,34,38H,12-17,20-21H2,1-4H3/t;22?,23?,24?,27-,28?,31?;28-/m.00/s1. The highest BCUT2D eigenvalue weighted by Crippen LogP contribution is 2.47. The minimum Gasteiger partial charge on any atom is -0.394 e. The molecule has 3 aromatic heterocycles. The number of aliphatic hydroxyl groups excluding tert-OH is 2. The average Bonchev–Trinajstić information content (AvgIpc) is 0.790. The number of para-hydroxylation sites is 1. The van der Waals surface area contributed by atoms with Crippen LogP contribution in [0.3, 0.4) is 0 Å². The van der Waals surface area contributed by atoms with E-state index in [2.05, 4.69) is 142 Å². The molecule has 1 aliphatic carbocycles. The van der Waals surface area contributed by atoms with Crippen molar-refractivity contribution in [3.8, 4) is 6.07 Å². The van der Waals surface area contributed by atoms with Crippen LogP contribution in [0.5, 0.6) is 0 Å². The molecule has 6 aliphatic heterocycles. The topological polar surface area (TPSA) is 250 Å². The van der Waals surface area contributed by atoms with Gasteiger partial charge in [-0.15, -0.1) is 0 Å². The number of aliphatic hydroxyl groups is 2. The number of nitrogens with two attached hydrogens (primary N) is 1. The van der Waals surface area contributed by atoms with Gasteiger partial charge in [0.15, 0.2) is 0 Å². The van der Waals surface area contributed by atoms with Gasteiger partial charge in [0.1, 0.15) is 41.2 Å². The van der Waals surface area contributed by atoms with Crippen molar-refractivity contribution in [1.29, 1.82) is 5.26 Å². The van der Waals surface area contributed by atoms with Crippen LogP contribution in [-0.2, 0) is 9.59 Å². The van der Waals surface area contributed by atoms with E-state index in [9.17, 15) is 43.4 Å². The van der Waals surface area contributed by atoms with Gasteiger partial charge in [0.2, 0.25) is 11.8 Å². The zero-order valence-electron chi connectivity index (χ0n) is 73.5. The molecule has 7 fully saturated rings. The summed E-state index contributed by atoms with van der Waals surface area (Å²) in [5, 5.41) is 37.3. The smallest absolute Gasteiger partial charge is 0.254 e. The highest BCUT2D eigenvalue weighted by atomic mass is 19.1. The van der Waals surface area contributed by atoms with Crippen molar-refractivity contribution in [2.24, 2.45) is 41.2 Å². The molecular formula is C98H126F2N16O6. The molecular weight excluding hydrogens is 1540 g/mol. The molecule has 6 N–H and O–H groups in total. The van der Waals surface area contributed by atoms with Crippen LogP contribution in [-0.4, -0.2) is 205 Å². The number of carbonyl (C=O) groups excluding carboxylic acids is 4. The van der Waals surface area contributed by atoms with E-state index < -0.39 is 17.8 Å². The third-order valence-electron chi connectivity index (χ3n) is 27.2. The molecule has 5 aromatic carbocycles. The number of hydrogen-bond donors (Lipinski definition) is 5. The number of nitrogens with zero attached hydrogens (tertiary/aromatic N) is 13. The first-order valence-corrected chi connectivity index (χ1v) is 44.1. The summed E-state index contributed by atoms with van der Waals surface area (Å²) in [7, 11) is 0. The maximum atomic E-state index is 14.0. The zero-order chi connectivity index (χ0) is 86.7. The molecule has 1 saturated carbocycles. The van der Waals surface area contributed by atoms with Crippen LogP contribution in [0.1, 0.15) is 148 Å². The normalized spacial score (nSPS) is 21.9. The van der Waals surface area contributed by atoms with Crippen LogP contribution in [0.25, 0.3) is 0 Å². The lowest BCUT2D eigenvalue weighted by Crippen LogP contribution is -2.59. The van der Waals surface area contributed by atoms with Gasteiger partial charge in [0, 0.05) is 156 Å². The van der Waals surface area contributed by atoms with Crippen molar-refractivity contribution in [3.63, 3.8) is 0 Å². The van der Waals surface area contributed by atoms with Gasteiger partial charge in [0.05, 0.1) is 49.3 Å². The number of nitrogens with one attached hydrogen (secondary N) is 2. The molecule has 6 unspecified atom stereocenters. The number of hydrogen-bond acceptors (Lipinski definition) is 18. The van der Waals surface area contributed by atoms with Crippen LogP contribution >= 0.6 is 0 Å². The number of rotatable bonds is 18. The van der Waals surface area contributed by atoms with Gasteiger partial charge in [-0.3, -0.25) is 19.2 Å². The Kier molecular flexibility index (Phi) is 29.1. The Morgan fingerprint density at radius 2 is 0.967 bits per heavy atom. The lowest BCUT2D eigenvalue weighted by molar-refractivity contribution is -0.144. The molecule has 15 rings (SSSR count). The van der Waals surface area contributed by atoms with E-state index in [1.165, 1.54) is 60.3 Å². The van der Waals surface area contributed by atoms with Gasteiger partial charge < -0.3 is 70.7 Å². The maximum absolute atomic E-state index is 14.0. The lowest BCUT2D eigenvalue weighted by Gasteiger charge is -2.48. The number of piperidine rings is 3. The Hall–Kier alpha value is -10.9. The van der Waals surface area contributed by atoms with Crippen molar-refractivity contribution in [1.82, 2.24) is 29.7 Å². The molecule has 0 spiro atoms. The maximum Gasteiger partial charge on any atom is 0.254 e. The van der Waals surface area contributed by atoms with Gasteiger partial charge >= 0.3 is 0 Å². The van der Waals surface area contributed by atoms with Crippen molar-refractivity contribution < 1.29 is 38.2 Å². The van der Waals surface area contributed by atoms with Crippen LogP contribution in [0.15, 0.2) is 140 Å². The second kappa shape index (κ2) is 40.0. The number of amides is 4. The number of aromatic nitrogens is 3. The number of piperazine rings is 3. The van der Waals surface area contributed by atoms with E-state index in [1.54, 1.807) is 17.0 Å². The number of aryl methyl sites for hydroxylation is 7. The summed E-state index contributed by atoms with van der Waals surface area (Å²) in [5.41, 5.74) is 22.0. The Balaban J connectivity index is 0.000000158. The molecule has 648 valence electrons. The lowest BCUT2D eigenvalue weighted by atomic mass is 9.60. The van der Waals surface area contributed by atoms with E-state index in [1.807, 2.05) is 115 Å². The van der Waals surface area contributed by atoms with Crippen molar-refractivity contribution in [3.05, 3.63) is 218 Å². The predicted octanol–water partition coefficient (Wildman–Crippen LogP) is 14.3. The van der Waals surface area contributed by atoms with Gasteiger partial charge in [-0.25, -0.2) is 23.7 Å². The fourth-order valence-electron chi connectivity index (χ4n) is 20.5. The number of carbonyl (C=O) groups is 4. The second-order valence-corrected chi connectivity index (χ2v) is 35.6. The number of nitriles is 1. The molecule has 0 radical (unpaired) electrons. The van der Waals surface area contributed by atoms with E-state index in [-0.39, 0.29) is 67.3 Å². The van der Waals surface area contributed by atoms with E-state index >= 15 is 0 Å². The zero-order valence-corrected chi connectivity index (χ0v) is 73.5. The molecule has 7 aliphatic rings. The fourth-order valence-corrected chi connectivity index (χ4v) is 20.5. The highest BCUT2D eigenvalue weighted by molar-refractivity contribution is 6.00. The summed E-state index contributed by atoms with van der Waals surface area (Å²) in [5.74, 6) is 4.24. The van der Waals surface area contributed by atoms with Crippen molar-refractivity contribution in [2.45, 2.75) is 165 Å². The Morgan fingerprint density at radius 3 is 1.49 bits per heavy atom. The summed E-state index contributed by atoms with van der Waals surface area (Å²) in [4.78, 5) is 86.7. The summed E-state index contributed by atoms with van der Waals surface area (Å²) < 4.78 is 27.0. The monoisotopic (exact) mass is 1660 g/mol. The van der Waals surface area contributed by atoms with Gasteiger partial charge in [-0.2, -0.15) is 5.26 Å². The first kappa shape index (κ1) is 88.9. The second-order valence-electron chi connectivity index (χ2n) is 35.6. The minimum atomic E-state index is -0.614. The average molecular weight is 1660 g/mol. The first-order valence-electron chi connectivity index (χ1n) is 44.1. The SMILES string of the molecule is Cc1ccc(N2CCC(CC3C(C)CC(C)C(C(=O)N4CCN(c5ccc(F)cn5)[C@H](CO)C4)C3C)CC2)nc1.Cc1ccc(N2CCC(Nc3c(C)cc(C)c(C(=O)N4CCN(c5ccccc5)[C@H](CO)C4)c3C)CC2)nc1.Cc1ccc(N2CCN(C(=O)c3c(C)cc(C)c(NC4CCN(c5ccc(F)cc5C#N)CC4)c3C)CC2C(N)=O)cc1. The van der Waals surface area contributed by atoms with Crippen LogP contribution < -0.4 is 45.8 Å². The molecule has 4 amide bonds. The molecule has 0 bridgehead atoms. The Morgan fingerprint density at radius 1 is 0.492 bits per heavy atom. The van der Waals surface area contributed by atoms with Gasteiger partial charge in [-0.05, 0) is 255 Å². The van der Waals surface area contributed by atoms with E-state index in [0.717, 1.165) is 150 Å². The molecule has 9 heterocycles. The minimum absolute atomic E-state index is 0.00730. The first-order chi connectivity index (χ1) is 58.7. The van der Waals surface area contributed by atoms with Crippen LogP contribution in [0.4, 0.5) is 54.7 Å². The van der Waals surface area contributed by atoms with Gasteiger partial charge in [0.25, 0.3) is 11.8 Å². The van der Waals surface area contributed by atoms with E-state index in [4.69, 9.17) is 5.73 Å². The predicted molar refractivity (Wildman–Crippen MR) is 484 cm³/mol. The van der Waals surface area contributed by atoms with E-state index in [0.29, 0.717) is 105 Å². The number of benzene rings is 5. The van der Waals surface area contributed by atoms with Crippen LogP contribution in [0, 0.1) is 121 Å². The van der Waals surface area contributed by atoms with Crippen LogP contribution in [0.2, 0.25) is 0 Å². The van der Waals surface area contributed by atoms with Crippen molar-refractivity contribution >= 4 is 69.5 Å². The summed E-state index contributed by atoms with van der Waals surface area (Å²) in [6.45, 7) is 35.4. The third-order valence-corrected chi connectivity index (χ3v) is 27.2. The Labute approximate surface area is 720 Å². The summed E-state index contributed by atoms with van der Waals surface area (Å²) in [6.07, 6.45) is 13.4. The fraction of sp³-hybridized carbons (Fsp3) is 0.490. The highest BCUT2D eigenvalue weighted by Gasteiger charge is 2.46. The molecule has 6 saturated heterocycles. The number of pyridine rings is 3. The van der Waals surface area contributed by atoms with Gasteiger partial charge in [-0.1, -0.05) is 80.9 Å². The quantitative estimate of drug-likeness (QED) is 0.0535. The molecule has 22 nitrogen and oxygen atoms in total. The summed E-state index contributed by atoms with van der Waals surface area (Å²) >= 11 is 0. The molecule has 122 heavy (non-hydrogen) atoms. The largest absolute Gasteiger partial charge is 0.394 e. The number of anilines is 8. The number of primary amides is 1. The third kappa shape index (κ3) is 20.5.